The number of ketones is 1. The molecule has 0 saturated heterocycles. The van der Waals surface area contributed by atoms with E-state index in [0.29, 0.717) is 22.6 Å². The first-order valence-corrected chi connectivity index (χ1v) is 8.18. The molecule has 0 atom stereocenters. The Bertz CT molecular complexity index is 972. The topological polar surface area (TPSA) is 63.6 Å². The van der Waals surface area contributed by atoms with E-state index >= 15 is 0 Å². The molecule has 6 heteroatoms. The number of hydrazine groups is 1. The van der Waals surface area contributed by atoms with Crippen LogP contribution in [0.15, 0.2) is 48.5 Å². The third-order valence-electron chi connectivity index (χ3n) is 4.23. The molecular formula is C20H21N3O3. The predicted octanol–water partition coefficient (Wildman–Crippen LogP) is 2.62. The first kappa shape index (κ1) is 17.7. The molecular weight excluding hydrogens is 330 g/mol. The van der Waals surface area contributed by atoms with Gasteiger partial charge in [0.2, 0.25) is 0 Å². The fraction of sp³-hybridized carbons (Fsp3) is 0.200. The van der Waals surface area contributed by atoms with Crippen LogP contribution in [0.2, 0.25) is 0 Å². The summed E-state index contributed by atoms with van der Waals surface area (Å²) in [6.07, 6.45) is 0. The van der Waals surface area contributed by atoms with Crippen molar-refractivity contribution < 1.29 is 14.3 Å². The molecule has 26 heavy (non-hydrogen) atoms. The van der Waals surface area contributed by atoms with E-state index in [0.717, 1.165) is 10.9 Å². The minimum absolute atomic E-state index is 0.201. The second kappa shape index (κ2) is 7.01. The highest BCUT2D eigenvalue weighted by Gasteiger charge is 2.26. The van der Waals surface area contributed by atoms with Gasteiger partial charge in [-0.25, -0.2) is 5.01 Å². The lowest BCUT2D eigenvalue weighted by molar-refractivity contribution is 0.0842. The van der Waals surface area contributed by atoms with Gasteiger partial charge in [0.05, 0.1) is 12.7 Å². The van der Waals surface area contributed by atoms with Gasteiger partial charge < -0.3 is 9.30 Å². The van der Waals surface area contributed by atoms with Crippen molar-refractivity contribution in [1.29, 1.82) is 0 Å². The molecule has 134 valence electrons. The summed E-state index contributed by atoms with van der Waals surface area (Å²) in [6, 6.07) is 14.4. The van der Waals surface area contributed by atoms with Crippen molar-refractivity contribution in [2.45, 2.75) is 0 Å². The van der Waals surface area contributed by atoms with Gasteiger partial charge in [-0.2, -0.15) is 0 Å². The van der Waals surface area contributed by atoms with Gasteiger partial charge in [0, 0.05) is 37.6 Å². The van der Waals surface area contributed by atoms with Crippen LogP contribution in [-0.2, 0) is 7.05 Å². The summed E-state index contributed by atoms with van der Waals surface area (Å²) in [4.78, 5) is 26.0. The van der Waals surface area contributed by atoms with Gasteiger partial charge in [-0.05, 0) is 30.3 Å². The Morgan fingerprint density at radius 2 is 1.69 bits per heavy atom. The van der Waals surface area contributed by atoms with E-state index < -0.39 is 0 Å². The number of methoxy groups -OCH3 is 1. The molecule has 0 aliphatic carbocycles. The maximum Gasteiger partial charge on any atom is 0.282 e. The number of hydrogen-bond acceptors (Lipinski definition) is 4. The third kappa shape index (κ3) is 3.07. The van der Waals surface area contributed by atoms with Crippen molar-refractivity contribution >= 4 is 22.6 Å². The zero-order chi connectivity index (χ0) is 18.8. The second-order valence-electron chi connectivity index (χ2n) is 6.19. The molecule has 2 aromatic carbocycles. The number of nitrogens with zero attached hydrogens (tertiary/aromatic N) is 2. The molecule has 0 aliphatic rings. The number of fused-ring (bicyclic) bond motifs is 1. The molecule has 3 rings (SSSR count). The summed E-state index contributed by atoms with van der Waals surface area (Å²) in [5.41, 5.74) is 4.79. The summed E-state index contributed by atoms with van der Waals surface area (Å²) in [6.45, 7) is 0. The molecule has 1 N–H and O–H groups in total. The lowest BCUT2D eigenvalue weighted by Gasteiger charge is -2.13. The van der Waals surface area contributed by atoms with Crippen LogP contribution in [0.3, 0.4) is 0 Å². The minimum Gasteiger partial charge on any atom is -0.497 e. The number of aryl methyl sites for hydroxylation is 1. The summed E-state index contributed by atoms with van der Waals surface area (Å²) >= 11 is 0. The molecule has 0 spiro atoms. The van der Waals surface area contributed by atoms with E-state index in [1.165, 1.54) is 0 Å². The van der Waals surface area contributed by atoms with Gasteiger partial charge in [-0.3, -0.25) is 15.0 Å². The van der Waals surface area contributed by atoms with E-state index in [9.17, 15) is 9.59 Å². The summed E-state index contributed by atoms with van der Waals surface area (Å²) in [7, 11) is 6.82. The molecule has 0 saturated carbocycles. The smallest absolute Gasteiger partial charge is 0.282 e. The highest BCUT2D eigenvalue weighted by molar-refractivity contribution is 6.22. The highest BCUT2D eigenvalue weighted by Crippen LogP contribution is 2.28. The summed E-state index contributed by atoms with van der Waals surface area (Å²) in [5, 5.41) is 2.31. The third-order valence-corrected chi connectivity index (χ3v) is 4.23. The van der Waals surface area contributed by atoms with Gasteiger partial charge in [0.25, 0.3) is 5.91 Å². The minimum atomic E-state index is -0.328. The van der Waals surface area contributed by atoms with Crippen LogP contribution in [0, 0.1) is 0 Å². The molecule has 1 aromatic heterocycles. The van der Waals surface area contributed by atoms with Crippen LogP contribution < -0.4 is 10.2 Å². The average Bonchev–Trinajstić information content (AvgIpc) is 2.94. The Kier molecular flexibility index (Phi) is 4.77. The molecule has 6 nitrogen and oxygen atoms in total. The van der Waals surface area contributed by atoms with Crippen LogP contribution in [0.5, 0.6) is 5.75 Å². The van der Waals surface area contributed by atoms with Crippen LogP contribution in [-0.4, -0.2) is 42.5 Å². The number of carbonyl (C=O) groups excluding carboxylic acids is 2. The molecule has 0 unspecified atom stereocenters. The van der Waals surface area contributed by atoms with E-state index in [1.807, 2.05) is 24.3 Å². The maximum absolute atomic E-state index is 13.2. The molecule has 1 heterocycles. The summed E-state index contributed by atoms with van der Waals surface area (Å²) in [5.74, 6) is 0.143. The number of hydrogen-bond donors (Lipinski definition) is 1. The first-order valence-electron chi connectivity index (χ1n) is 8.18. The Balaban J connectivity index is 2.19. The van der Waals surface area contributed by atoms with Gasteiger partial charge in [0.1, 0.15) is 11.4 Å². The van der Waals surface area contributed by atoms with Crippen LogP contribution in [0.4, 0.5) is 0 Å². The van der Waals surface area contributed by atoms with Crippen molar-refractivity contribution in [3.05, 3.63) is 65.4 Å². The number of nitrogens with one attached hydrogen (secondary N) is 1. The molecule has 0 aliphatic heterocycles. The Hall–Kier alpha value is -3.12. The molecule has 0 fully saturated rings. The van der Waals surface area contributed by atoms with Gasteiger partial charge in [0.15, 0.2) is 5.78 Å². The van der Waals surface area contributed by atoms with Crippen molar-refractivity contribution in [2.75, 3.05) is 21.2 Å². The zero-order valence-corrected chi connectivity index (χ0v) is 15.2. The van der Waals surface area contributed by atoms with E-state index in [-0.39, 0.29) is 11.7 Å². The monoisotopic (exact) mass is 351 g/mol. The van der Waals surface area contributed by atoms with Gasteiger partial charge >= 0.3 is 0 Å². The maximum atomic E-state index is 13.2. The summed E-state index contributed by atoms with van der Waals surface area (Å²) < 4.78 is 6.90. The SMILES string of the molecule is COc1ccc(C(=O)c2c(C(=O)NN(C)C)n(C)c3ccccc23)cc1. The number of benzene rings is 2. The van der Waals surface area contributed by atoms with E-state index in [2.05, 4.69) is 5.43 Å². The van der Waals surface area contributed by atoms with Crippen molar-refractivity contribution in [3.8, 4) is 5.75 Å². The number of para-hydroxylation sites is 1. The fourth-order valence-electron chi connectivity index (χ4n) is 3.03. The fourth-order valence-corrected chi connectivity index (χ4v) is 3.03. The average molecular weight is 351 g/mol. The number of amides is 1. The van der Waals surface area contributed by atoms with Crippen molar-refractivity contribution in [3.63, 3.8) is 0 Å². The lowest BCUT2D eigenvalue weighted by Crippen LogP contribution is -2.37. The van der Waals surface area contributed by atoms with Gasteiger partial charge in [-0.15, -0.1) is 0 Å². The second-order valence-corrected chi connectivity index (χ2v) is 6.19. The Morgan fingerprint density at radius 1 is 1.04 bits per heavy atom. The van der Waals surface area contributed by atoms with Crippen molar-refractivity contribution in [1.82, 2.24) is 15.0 Å². The standard InChI is InChI=1S/C20H21N3O3/c1-22(2)21-20(25)18-17(15-7-5-6-8-16(15)23(18)3)19(24)13-9-11-14(26-4)12-10-13/h5-12H,1-4H3,(H,21,25). The number of rotatable bonds is 5. The molecule has 0 bridgehead atoms. The highest BCUT2D eigenvalue weighted by atomic mass is 16.5. The quantitative estimate of drug-likeness (QED) is 0.567. The first-order chi connectivity index (χ1) is 12.4. The van der Waals surface area contributed by atoms with Crippen molar-refractivity contribution in [2.24, 2.45) is 7.05 Å². The van der Waals surface area contributed by atoms with Crippen LogP contribution in [0.1, 0.15) is 26.4 Å². The number of aromatic nitrogens is 1. The van der Waals surface area contributed by atoms with E-state index in [1.54, 1.807) is 62.1 Å². The number of carbonyl (C=O) groups is 2. The Labute approximate surface area is 151 Å². The zero-order valence-electron chi connectivity index (χ0n) is 15.2. The lowest BCUT2D eigenvalue weighted by atomic mass is 9.99. The molecule has 3 aromatic rings. The van der Waals surface area contributed by atoms with E-state index in [4.69, 9.17) is 4.74 Å². The molecule has 0 radical (unpaired) electrons. The normalized spacial score (nSPS) is 11.0. The van der Waals surface area contributed by atoms with Crippen LogP contribution >= 0.6 is 0 Å². The van der Waals surface area contributed by atoms with Gasteiger partial charge in [-0.1, -0.05) is 18.2 Å². The Morgan fingerprint density at radius 3 is 2.31 bits per heavy atom. The van der Waals surface area contributed by atoms with Crippen LogP contribution in [0.25, 0.3) is 10.9 Å². The predicted molar refractivity (Wildman–Crippen MR) is 100 cm³/mol. The number of ether oxygens (including phenoxy) is 1. The largest absolute Gasteiger partial charge is 0.497 e. The molecule has 1 amide bonds.